The van der Waals surface area contributed by atoms with Crippen molar-refractivity contribution in [1.82, 2.24) is 0 Å². The molecule has 0 radical (unpaired) electrons. The van der Waals surface area contributed by atoms with Gasteiger partial charge in [0.25, 0.3) is 0 Å². The lowest BCUT2D eigenvalue weighted by Crippen LogP contribution is -1.92. The number of hydrogen-bond donors (Lipinski definition) is 0. The minimum absolute atomic E-state index is 0.0148. The van der Waals surface area contributed by atoms with Crippen molar-refractivity contribution in [3.05, 3.63) is 29.6 Å². The molecule has 1 rings (SSSR count). The molecule has 0 atom stereocenters. The Morgan fingerprint density at radius 1 is 1.58 bits per heavy atom. The number of ether oxygens (including phenoxy) is 1. The summed E-state index contributed by atoms with van der Waals surface area (Å²) in [6.07, 6.45) is 0. The molecule has 0 aliphatic rings. The molecule has 1 aromatic rings. The lowest BCUT2D eigenvalue weighted by molar-refractivity contribution is 0.339. The molecule has 62 valence electrons. The predicted octanol–water partition coefficient (Wildman–Crippen LogP) is 2.10. The van der Waals surface area contributed by atoms with E-state index in [0.29, 0.717) is 12.4 Å². The number of nitrogens with zero attached hydrogens (tertiary/aromatic N) is 1. The van der Waals surface area contributed by atoms with Crippen LogP contribution in [0.15, 0.2) is 18.2 Å². The second-order valence-corrected chi connectivity index (χ2v) is 2.19. The van der Waals surface area contributed by atoms with Gasteiger partial charge in [-0.25, -0.2) is 4.39 Å². The van der Waals surface area contributed by atoms with Crippen LogP contribution in [0.2, 0.25) is 0 Å². The Bertz CT molecular complexity index is 317. The number of halogens is 1. The summed E-state index contributed by atoms with van der Waals surface area (Å²) in [5.41, 5.74) is 0.0148. The van der Waals surface area contributed by atoms with E-state index in [-0.39, 0.29) is 5.56 Å². The Labute approximate surface area is 70.2 Å². The molecule has 0 unspecified atom stereocenters. The summed E-state index contributed by atoms with van der Waals surface area (Å²) in [5, 5.41) is 8.47. The normalized spacial score (nSPS) is 9.08. The molecule has 0 spiro atoms. The number of hydrogen-bond acceptors (Lipinski definition) is 2. The van der Waals surface area contributed by atoms with Crippen LogP contribution >= 0.6 is 0 Å². The largest absolute Gasteiger partial charge is 0.494 e. The Balaban J connectivity index is 2.99. The van der Waals surface area contributed by atoms with E-state index in [1.807, 2.05) is 6.92 Å². The molecule has 0 saturated heterocycles. The second kappa shape index (κ2) is 3.72. The molecule has 0 aliphatic carbocycles. The van der Waals surface area contributed by atoms with Crippen LogP contribution in [0.5, 0.6) is 5.75 Å². The Hall–Kier alpha value is -1.56. The number of benzene rings is 1. The first-order chi connectivity index (χ1) is 5.77. The van der Waals surface area contributed by atoms with Gasteiger partial charge in [-0.1, -0.05) is 0 Å². The van der Waals surface area contributed by atoms with Gasteiger partial charge in [-0.05, 0) is 19.1 Å². The van der Waals surface area contributed by atoms with E-state index in [4.69, 9.17) is 10.00 Å². The maximum Gasteiger partial charge on any atom is 0.141 e. The zero-order chi connectivity index (χ0) is 8.97. The SMILES string of the molecule is CCOc1ccc(F)c(C#N)c1. The van der Waals surface area contributed by atoms with E-state index in [1.165, 1.54) is 18.2 Å². The minimum atomic E-state index is -0.513. The fourth-order valence-corrected chi connectivity index (χ4v) is 0.847. The summed E-state index contributed by atoms with van der Waals surface area (Å²) < 4.78 is 17.8. The van der Waals surface area contributed by atoms with E-state index < -0.39 is 5.82 Å². The van der Waals surface area contributed by atoms with Crippen molar-refractivity contribution in [3.63, 3.8) is 0 Å². The third-order valence-corrected chi connectivity index (χ3v) is 1.37. The molecule has 0 bridgehead atoms. The molecule has 3 heteroatoms. The van der Waals surface area contributed by atoms with Gasteiger partial charge in [-0.2, -0.15) is 5.26 Å². The van der Waals surface area contributed by atoms with Crippen molar-refractivity contribution in [2.24, 2.45) is 0 Å². The Morgan fingerprint density at radius 3 is 2.92 bits per heavy atom. The van der Waals surface area contributed by atoms with E-state index in [2.05, 4.69) is 0 Å². The standard InChI is InChI=1S/C9H8FNO/c1-2-12-8-3-4-9(10)7(5-8)6-11/h3-5H,2H2,1H3. The molecule has 0 aromatic heterocycles. The quantitative estimate of drug-likeness (QED) is 0.672. The number of rotatable bonds is 2. The zero-order valence-corrected chi connectivity index (χ0v) is 6.67. The van der Waals surface area contributed by atoms with Gasteiger partial charge < -0.3 is 4.74 Å². The van der Waals surface area contributed by atoms with Gasteiger partial charge >= 0.3 is 0 Å². The van der Waals surface area contributed by atoms with Gasteiger partial charge in [-0.15, -0.1) is 0 Å². The molecule has 0 aliphatic heterocycles. The average Bonchev–Trinajstić information content (AvgIpc) is 2.09. The maximum atomic E-state index is 12.7. The molecule has 0 heterocycles. The van der Waals surface area contributed by atoms with Crippen LogP contribution in [0.1, 0.15) is 12.5 Å². The highest BCUT2D eigenvalue weighted by molar-refractivity contribution is 5.37. The Morgan fingerprint density at radius 2 is 2.33 bits per heavy atom. The molecule has 0 saturated carbocycles. The predicted molar refractivity (Wildman–Crippen MR) is 42.3 cm³/mol. The highest BCUT2D eigenvalue weighted by Crippen LogP contribution is 2.15. The number of nitriles is 1. The van der Waals surface area contributed by atoms with E-state index in [0.717, 1.165) is 0 Å². The first-order valence-corrected chi connectivity index (χ1v) is 3.60. The molecular weight excluding hydrogens is 157 g/mol. The van der Waals surface area contributed by atoms with E-state index >= 15 is 0 Å². The maximum absolute atomic E-state index is 12.7. The highest BCUT2D eigenvalue weighted by atomic mass is 19.1. The molecule has 0 fully saturated rings. The monoisotopic (exact) mass is 165 g/mol. The van der Waals surface area contributed by atoms with Crippen LogP contribution < -0.4 is 4.74 Å². The minimum Gasteiger partial charge on any atom is -0.494 e. The van der Waals surface area contributed by atoms with Crippen molar-refractivity contribution in [2.45, 2.75) is 6.92 Å². The summed E-state index contributed by atoms with van der Waals surface area (Å²) in [5.74, 6) is 0.0106. The van der Waals surface area contributed by atoms with Crippen molar-refractivity contribution in [3.8, 4) is 11.8 Å². The zero-order valence-electron chi connectivity index (χ0n) is 6.67. The average molecular weight is 165 g/mol. The summed E-state index contributed by atoms with van der Waals surface area (Å²) in [6.45, 7) is 2.34. The molecular formula is C9H8FNO. The van der Waals surface area contributed by atoms with Gasteiger partial charge in [0.2, 0.25) is 0 Å². The van der Waals surface area contributed by atoms with Gasteiger partial charge in [0.15, 0.2) is 0 Å². The summed E-state index contributed by atoms with van der Waals surface area (Å²) >= 11 is 0. The summed E-state index contributed by atoms with van der Waals surface area (Å²) in [7, 11) is 0. The lowest BCUT2D eigenvalue weighted by Gasteiger charge is -2.02. The Kier molecular flexibility index (Phi) is 2.65. The molecule has 0 N–H and O–H groups in total. The van der Waals surface area contributed by atoms with Crippen LogP contribution in [0, 0.1) is 17.1 Å². The lowest BCUT2D eigenvalue weighted by atomic mass is 10.2. The molecule has 12 heavy (non-hydrogen) atoms. The fraction of sp³-hybridized carbons (Fsp3) is 0.222. The van der Waals surface area contributed by atoms with Crippen molar-refractivity contribution >= 4 is 0 Å². The van der Waals surface area contributed by atoms with Crippen molar-refractivity contribution in [2.75, 3.05) is 6.61 Å². The third kappa shape index (κ3) is 1.73. The third-order valence-electron chi connectivity index (χ3n) is 1.37. The first kappa shape index (κ1) is 8.54. The van der Waals surface area contributed by atoms with Crippen LogP contribution in [0.3, 0.4) is 0 Å². The topological polar surface area (TPSA) is 33.0 Å². The first-order valence-electron chi connectivity index (χ1n) is 3.60. The second-order valence-electron chi connectivity index (χ2n) is 2.19. The van der Waals surface area contributed by atoms with Crippen molar-refractivity contribution in [1.29, 1.82) is 5.26 Å². The summed E-state index contributed by atoms with van der Waals surface area (Å²) in [4.78, 5) is 0. The molecule has 2 nitrogen and oxygen atoms in total. The molecule has 0 amide bonds. The van der Waals surface area contributed by atoms with E-state index in [1.54, 1.807) is 6.07 Å². The molecule has 1 aromatic carbocycles. The van der Waals surface area contributed by atoms with Gasteiger partial charge in [0, 0.05) is 6.07 Å². The van der Waals surface area contributed by atoms with Crippen LogP contribution in [-0.2, 0) is 0 Å². The van der Waals surface area contributed by atoms with Crippen LogP contribution in [0.25, 0.3) is 0 Å². The highest BCUT2D eigenvalue weighted by Gasteiger charge is 2.01. The van der Waals surface area contributed by atoms with Gasteiger partial charge in [0.1, 0.15) is 17.6 Å². The summed E-state index contributed by atoms with van der Waals surface area (Å²) in [6, 6.07) is 5.85. The van der Waals surface area contributed by atoms with Gasteiger partial charge in [-0.3, -0.25) is 0 Å². The van der Waals surface area contributed by atoms with Gasteiger partial charge in [0.05, 0.1) is 12.2 Å². The van der Waals surface area contributed by atoms with E-state index in [9.17, 15) is 4.39 Å². The van der Waals surface area contributed by atoms with Crippen molar-refractivity contribution < 1.29 is 9.13 Å². The fourth-order valence-electron chi connectivity index (χ4n) is 0.847. The van der Waals surface area contributed by atoms with Crippen LogP contribution in [0.4, 0.5) is 4.39 Å². The van der Waals surface area contributed by atoms with Crippen LogP contribution in [-0.4, -0.2) is 6.61 Å². The smallest absolute Gasteiger partial charge is 0.141 e.